The highest BCUT2D eigenvalue weighted by molar-refractivity contribution is 5.86. The molecule has 0 aliphatic rings. The molecule has 0 atom stereocenters. The van der Waals surface area contributed by atoms with E-state index in [9.17, 15) is 4.79 Å². The number of carbonyl (C=O) groups excluding carboxylic acids is 1. The van der Waals surface area contributed by atoms with Crippen molar-refractivity contribution in [1.82, 2.24) is 10.2 Å². The number of carbonyl (C=O) groups is 1. The van der Waals surface area contributed by atoms with Crippen LogP contribution in [-0.4, -0.2) is 16.1 Å². The van der Waals surface area contributed by atoms with Gasteiger partial charge in [0, 0.05) is 6.20 Å². The minimum absolute atomic E-state index is 0.290. The zero-order chi connectivity index (χ0) is 9.90. The van der Waals surface area contributed by atoms with Crippen molar-refractivity contribution in [2.24, 2.45) is 5.73 Å². The van der Waals surface area contributed by atoms with Crippen LogP contribution in [0.5, 0.6) is 0 Å². The molecule has 0 spiro atoms. The van der Waals surface area contributed by atoms with E-state index in [4.69, 9.17) is 5.73 Å². The number of hydrogen-bond acceptors (Lipinski definition) is 2. The van der Waals surface area contributed by atoms with Crippen molar-refractivity contribution >= 4 is 5.91 Å². The summed E-state index contributed by atoms with van der Waals surface area (Å²) in [5.41, 5.74) is 5.63. The maximum Gasteiger partial charge on any atom is 0.229 e. The standard InChI is InChI=1S/C9H15N3O/c1-3-9(4-2,8(10)13)7-5-6-11-12-7/h5-6H,3-4H2,1-2H3,(H2,10,13)(H,11,12). The molecule has 1 aromatic heterocycles. The fourth-order valence-electron chi connectivity index (χ4n) is 1.63. The van der Waals surface area contributed by atoms with Gasteiger partial charge in [0.05, 0.1) is 11.1 Å². The largest absolute Gasteiger partial charge is 0.369 e. The molecule has 0 radical (unpaired) electrons. The number of primary amides is 1. The van der Waals surface area contributed by atoms with Crippen molar-refractivity contribution < 1.29 is 4.79 Å². The molecule has 0 bridgehead atoms. The van der Waals surface area contributed by atoms with Gasteiger partial charge in [-0.1, -0.05) is 13.8 Å². The van der Waals surface area contributed by atoms with Crippen LogP contribution < -0.4 is 5.73 Å². The van der Waals surface area contributed by atoms with E-state index >= 15 is 0 Å². The minimum atomic E-state index is -0.573. The second kappa shape index (κ2) is 3.60. The Hall–Kier alpha value is -1.32. The molecule has 0 fully saturated rings. The smallest absolute Gasteiger partial charge is 0.229 e. The van der Waals surface area contributed by atoms with Crippen molar-refractivity contribution in [3.63, 3.8) is 0 Å². The first kappa shape index (κ1) is 9.77. The number of aromatic nitrogens is 2. The first-order chi connectivity index (χ1) is 6.17. The lowest BCUT2D eigenvalue weighted by Crippen LogP contribution is -2.40. The van der Waals surface area contributed by atoms with E-state index < -0.39 is 5.41 Å². The number of aromatic amines is 1. The Balaban J connectivity index is 3.11. The number of hydrogen-bond donors (Lipinski definition) is 2. The number of nitrogens with two attached hydrogens (primary N) is 1. The van der Waals surface area contributed by atoms with Crippen LogP contribution >= 0.6 is 0 Å². The van der Waals surface area contributed by atoms with Gasteiger partial charge in [0.15, 0.2) is 0 Å². The molecule has 1 aromatic rings. The highest BCUT2D eigenvalue weighted by Crippen LogP contribution is 2.29. The van der Waals surface area contributed by atoms with Gasteiger partial charge in [-0.2, -0.15) is 5.10 Å². The molecule has 72 valence electrons. The second-order valence-electron chi connectivity index (χ2n) is 3.12. The lowest BCUT2D eigenvalue weighted by atomic mass is 9.78. The van der Waals surface area contributed by atoms with E-state index in [1.165, 1.54) is 0 Å². The van der Waals surface area contributed by atoms with E-state index in [1.54, 1.807) is 12.3 Å². The summed E-state index contributed by atoms with van der Waals surface area (Å²) < 4.78 is 0. The monoisotopic (exact) mass is 181 g/mol. The summed E-state index contributed by atoms with van der Waals surface area (Å²) in [6.45, 7) is 3.91. The van der Waals surface area contributed by atoms with Gasteiger partial charge in [-0.25, -0.2) is 0 Å². The van der Waals surface area contributed by atoms with Gasteiger partial charge < -0.3 is 5.73 Å². The molecule has 0 aliphatic heterocycles. The van der Waals surface area contributed by atoms with Gasteiger partial charge in [-0.15, -0.1) is 0 Å². The third kappa shape index (κ3) is 1.43. The highest BCUT2D eigenvalue weighted by Gasteiger charge is 2.35. The summed E-state index contributed by atoms with van der Waals surface area (Å²) in [6, 6.07) is 1.80. The zero-order valence-corrected chi connectivity index (χ0v) is 8.00. The molecule has 4 heteroatoms. The van der Waals surface area contributed by atoms with Crippen LogP contribution in [-0.2, 0) is 10.2 Å². The topological polar surface area (TPSA) is 71.8 Å². The molecule has 0 saturated carbocycles. The summed E-state index contributed by atoms with van der Waals surface area (Å²) in [4.78, 5) is 11.4. The van der Waals surface area contributed by atoms with E-state index in [0.29, 0.717) is 12.8 Å². The van der Waals surface area contributed by atoms with Crippen LogP contribution in [0.15, 0.2) is 12.3 Å². The number of amides is 1. The van der Waals surface area contributed by atoms with Crippen molar-refractivity contribution in [2.45, 2.75) is 32.1 Å². The molecule has 13 heavy (non-hydrogen) atoms. The van der Waals surface area contributed by atoms with Gasteiger partial charge in [0.1, 0.15) is 0 Å². The lowest BCUT2D eigenvalue weighted by molar-refractivity contribution is -0.124. The van der Waals surface area contributed by atoms with Crippen LogP contribution in [0.4, 0.5) is 0 Å². The summed E-state index contributed by atoms with van der Waals surface area (Å²) in [5, 5.41) is 6.64. The number of rotatable bonds is 4. The number of nitrogens with zero attached hydrogens (tertiary/aromatic N) is 1. The molecule has 0 aromatic carbocycles. The quantitative estimate of drug-likeness (QED) is 0.726. The third-order valence-corrected chi connectivity index (χ3v) is 2.70. The molecule has 3 N–H and O–H groups in total. The van der Waals surface area contributed by atoms with Crippen LogP contribution in [0.2, 0.25) is 0 Å². The molecule has 1 rings (SSSR count). The molecular formula is C9H15N3O. The Bertz CT molecular complexity index is 275. The average Bonchev–Trinajstić information content (AvgIpc) is 2.60. The Kier molecular flexibility index (Phi) is 2.70. The summed E-state index contributed by atoms with van der Waals surface area (Å²) in [5.74, 6) is -0.290. The molecule has 0 saturated heterocycles. The normalized spacial score (nSPS) is 11.5. The molecule has 1 heterocycles. The Labute approximate surface area is 77.5 Å². The summed E-state index contributed by atoms with van der Waals surface area (Å²) >= 11 is 0. The fourth-order valence-corrected chi connectivity index (χ4v) is 1.63. The second-order valence-corrected chi connectivity index (χ2v) is 3.12. The summed E-state index contributed by atoms with van der Waals surface area (Å²) in [6.07, 6.45) is 3.03. The van der Waals surface area contributed by atoms with Crippen molar-refractivity contribution in [3.8, 4) is 0 Å². The van der Waals surface area contributed by atoms with E-state index in [0.717, 1.165) is 5.69 Å². The Morgan fingerprint density at radius 2 is 2.23 bits per heavy atom. The summed E-state index contributed by atoms with van der Waals surface area (Å²) in [7, 11) is 0. The maximum atomic E-state index is 11.4. The number of H-pyrrole nitrogens is 1. The van der Waals surface area contributed by atoms with Gasteiger partial charge in [-0.05, 0) is 18.9 Å². The van der Waals surface area contributed by atoms with Gasteiger partial charge in [-0.3, -0.25) is 9.89 Å². The van der Waals surface area contributed by atoms with Crippen LogP contribution in [0.3, 0.4) is 0 Å². The van der Waals surface area contributed by atoms with E-state index in [1.807, 2.05) is 13.8 Å². The minimum Gasteiger partial charge on any atom is -0.369 e. The fraction of sp³-hybridized carbons (Fsp3) is 0.556. The maximum absolute atomic E-state index is 11.4. The van der Waals surface area contributed by atoms with E-state index in [2.05, 4.69) is 10.2 Å². The first-order valence-electron chi connectivity index (χ1n) is 4.47. The molecule has 0 unspecified atom stereocenters. The highest BCUT2D eigenvalue weighted by atomic mass is 16.1. The van der Waals surface area contributed by atoms with Crippen molar-refractivity contribution in [2.75, 3.05) is 0 Å². The predicted octanol–water partition coefficient (Wildman–Crippen LogP) is 0.953. The average molecular weight is 181 g/mol. The molecule has 0 aliphatic carbocycles. The third-order valence-electron chi connectivity index (χ3n) is 2.70. The van der Waals surface area contributed by atoms with Crippen LogP contribution in [0.1, 0.15) is 32.4 Å². The number of nitrogens with one attached hydrogen (secondary N) is 1. The van der Waals surface area contributed by atoms with Crippen molar-refractivity contribution in [3.05, 3.63) is 18.0 Å². The Morgan fingerprint density at radius 1 is 1.62 bits per heavy atom. The first-order valence-corrected chi connectivity index (χ1v) is 4.47. The van der Waals surface area contributed by atoms with Gasteiger partial charge in [0.2, 0.25) is 5.91 Å². The van der Waals surface area contributed by atoms with Crippen LogP contribution in [0, 0.1) is 0 Å². The van der Waals surface area contributed by atoms with Gasteiger partial charge in [0.25, 0.3) is 0 Å². The SMILES string of the molecule is CCC(CC)(C(N)=O)c1ccn[nH]1. The van der Waals surface area contributed by atoms with Gasteiger partial charge >= 0.3 is 0 Å². The molecule has 1 amide bonds. The zero-order valence-electron chi connectivity index (χ0n) is 8.00. The van der Waals surface area contributed by atoms with E-state index in [-0.39, 0.29) is 5.91 Å². The predicted molar refractivity (Wildman–Crippen MR) is 50.0 cm³/mol. The van der Waals surface area contributed by atoms with Crippen molar-refractivity contribution in [1.29, 1.82) is 0 Å². The van der Waals surface area contributed by atoms with Crippen LogP contribution in [0.25, 0.3) is 0 Å². The Morgan fingerprint density at radius 3 is 2.54 bits per heavy atom. The molecular weight excluding hydrogens is 166 g/mol. The molecule has 4 nitrogen and oxygen atoms in total. The lowest BCUT2D eigenvalue weighted by Gasteiger charge is -2.26.